The summed E-state index contributed by atoms with van der Waals surface area (Å²) in [4.78, 5) is 0. The second-order valence-electron chi connectivity index (χ2n) is 5.09. The van der Waals surface area contributed by atoms with Crippen LogP contribution >= 0.6 is 0 Å². The molecule has 0 fully saturated rings. The molecule has 0 saturated heterocycles. The lowest BCUT2D eigenvalue weighted by Gasteiger charge is -2.17. The van der Waals surface area contributed by atoms with Gasteiger partial charge in [-0.1, -0.05) is 32.9 Å². The standard InChI is InChI=1S/C13H18F2O/c1-13(2,3)8-7-10-5-4-6-11(9-10)16-12(14)15/h4-6,9,12H,7-8H2,1-3H3. The second-order valence-corrected chi connectivity index (χ2v) is 5.09. The number of hydrogen-bond acceptors (Lipinski definition) is 1. The smallest absolute Gasteiger partial charge is 0.387 e. The molecule has 1 aromatic carbocycles. The zero-order valence-corrected chi connectivity index (χ0v) is 9.97. The topological polar surface area (TPSA) is 9.23 Å². The van der Waals surface area contributed by atoms with Gasteiger partial charge in [0.15, 0.2) is 0 Å². The van der Waals surface area contributed by atoms with Crippen LogP contribution < -0.4 is 4.74 Å². The maximum atomic E-state index is 12.0. The average molecular weight is 228 g/mol. The molecule has 0 aromatic heterocycles. The van der Waals surface area contributed by atoms with Crippen molar-refractivity contribution >= 4 is 0 Å². The molecule has 0 amide bonds. The fourth-order valence-electron chi connectivity index (χ4n) is 1.40. The Balaban J connectivity index is 2.60. The molecule has 0 bridgehead atoms. The van der Waals surface area contributed by atoms with E-state index in [9.17, 15) is 8.78 Å². The van der Waals surface area contributed by atoms with Crippen molar-refractivity contribution in [2.45, 2.75) is 40.2 Å². The highest BCUT2D eigenvalue weighted by atomic mass is 19.3. The van der Waals surface area contributed by atoms with Gasteiger partial charge in [-0.2, -0.15) is 8.78 Å². The Hall–Kier alpha value is -1.12. The molecule has 0 aliphatic heterocycles. The molecule has 0 aliphatic carbocycles. The Bertz CT molecular complexity index is 329. The minimum atomic E-state index is -2.75. The van der Waals surface area contributed by atoms with Crippen LogP contribution in [-0.2, 0) is 6.42 Å². The molecule has 16 heavy (non-hydrogen) atoms. The molecular weight excluding hydrogens is 210 g/mol. The number of ether oxygens (including phenoxy) is 1. The molecule has 0 unspecified atom stereocenters. The SMILES string of the molecule is CC(C)(C)CCc1cccc(OC(F)F)c1. The molecule has 1 rings (SSSR count). The van der Waals surface area contributed by atoms with E-state index in [0.717, 1.165) is 18.4 Å². The van der Waals surface area contributed by atoms with Crippen molar-refractivity contribution in [1.29, 1.82) is 0 Å². The van der Waals surface area contributed by atoms with Gasteiger partial charge in [0.1, 0.15) is 5.75 Å². The van der Waals surface area contributed by atoms with Crippen LogP contribution in [0.1, 0.15) is 32.8 Å². The number of rotatable bonds is 4. The minimum absolute atomic E-state index is 0.237. The summed E-state index contributed by atoms with van der Waals surface area (Å²) >= 11 is 0. The highest BCUT2D eigenvalue weighted by molar-refractivity contribution is 5.28. The van der Waals surface area contributed by atoms with Crippen molar-refractivity contribution in [3.8, 4) is 5.75 Å². The highest BCUT2D eigenvalue weighted by Gasteiger charge is 2.10. The third-order valence-corrected chi connectivity index (χ3v) is 2.29. The molecule has 0 atom stereocenters. The van der Waals surface area contributed by atoms with Crippen molar-refractivity contribution < 1.29 is 13.5 Å². The molecule has 0 aliphatic rings. The van der Waals surface area contributed by atoms with Crippen LogP contribution in [0.5, 0.6) is 5.75 Å². The summed E-state index contributed by atoms with van der Waals surface area (Å²) in [6, 6.07) is 6.91. The minimum Gasteiger partial charge on any atom is -0.435 e. The van der Waals surface area contributed by atoms with E-state index in [1.807, 2.05) is 6.07 Å². The first-order chi connectivity index (χ1) is 7.37. The molecular formula is C13H18F2O. The van der Waals surface area contributed by atoms with Crippen molar-refractivity contribution in [1.82, 2.24) is 0 Å². The van der Waals surface area contributed by atoms with Gasteiger partial charge in [0.05, 0.1) is 0 Å². The van der Waals surface area contributed by atoms with E-state index in [2.05, 4.69) is 25.5 Å². The largest absolute Gasteiger partial charge is 0.435 e. The van der Waals surface area contributed by atoms with E-state index >= 15 is 0 Å². The number of aryl methyl sites for hydroxylation is 1. The van der Waals surface area contributed by atoms with Crippen LogP contribution in [0.25, 0.3) is 0 Å². The normalized spacial score (nSPS) is 11.9. The molecule has 0 radical (unpaired) electrons. The van der Waals surface area contributed by atoms with Gasteiger partial charge in [0.25, 0.3) is 0 Å². The number of alkyl halides is 2. The third-order valence-electron chi connectivity index (χ3n) is 2.29. The monoisotopic (exact) mass is 228 g/mol. The lowest BCUT2D eigenvalue weighted by molar-refractivity contribution is -0.0498. The Kier molecular flexibility index (Phi) is 4.27. The maximum absolute atomic E-state index is 12.0. The van der Waals surface area contributed by atoms with E-state index in [1.54, 1.807) is 18.2 Å². The Morgan fingerprint density at radius 3 is 2.50 bits per heavy atom. The number of hydrogen-bond donors (Lipinski definition) is 0. The van der Waals surface area contributed by atoms with E-state index < -0.39 is 6.61 Å². The first-order valence-electron chi connectivity index (χ1n) is 5.40. The second kappa shape index (κ2) is 5.28. The third kappa shape index (κ3) is 5.10. The zero-order chi connectivity index (χ0) is 12.2. The average Bonchev–Trinajstić information content (AvgIpc) is 2.13. The molecule has 1 aromatic rings. The summed E-state index contributed by atoms with van der Waals surface area (Å²) in [5.41, 5.74) is 1.28. The highest BCUT2D eigenvalue weighted by Crippen LogP contribution is 2.23. The van der Waals surface area contributed by atoms with Crippen molar-refractivity contribution in [3.05, 3.63) is 29.8 Å². The molecule has 1 nitrogen and oxygen atoms in total. The molecule has 0 spiro atoms. The van der Waals surface area contributed by atoms with Gasteiger partial charge >= 0.3 is 6.61 Å². The summed E-state index contributed by atoms with van der Waals surface area (Å²) in [6.45, 7) is 3.73. The number of benzene rings is 1. The predicted octanol–water partition coefficient (Wildman–Crippen LogP) is 4.27. The van der Waals surface area contributed by atoms with Gasteiger partial charge in [-0.05, 0) is 36.0 Å². The van der Waals surface area contributed by atoms with E-state index in [4.69, 9.17) is 0 Å². The summed E-state index contributed by atoms with van der Waals surface area (Å²) in [5.74, 6) is 0.237. The summed E-state index contributed by atoms with van der Waals surface area (Å²) in [5, 5.41) is 0. The molecule has 3 heteroatoms. The molecule has 90 valence electrons. The molecule has 0 saturated carbocycles. The van der Waals surface area contributed by atoms with Crippen molar-refractivity contribution in [3.63, 3.8) is 0 Å². The lowest BCUT2D eigenvalue weighted by atomic mass is 9.89. The summed E-state index contributed by atoms with van der Waals surface area (Å²) in [7, 11) is 0. The first-order valence-corrected chi connectivity index (χ1v) is 5.40. The molecule has 0 N–H and O–H groups in total. The van der Waals surface area contributed by atoms with Crippen LogP contribution in [0.4, 0.5) is 8.78 Å². The van der Waals surface area contributed by atoms with E-state index in [1.165, 1.54) is 0 Å². The van der Waals surface area contributed by atoms with Crippen molar-refractivity contribution in [2.24, 2.45) is 5.41 Å². The van der Waals surface area contributed by atoms with Crippen LogP contribution in [0.2, 0.25) is 0 Å². The van der Waals surface area contributed by atoms with Crippen LogP contribution in [0.15, 0.2) is 24.3 Å². The van der Waals surface area contributed by atoms with Crippen LogP contribution in [0, 0.1) is 5.41 Å². The Labute approximate surface area is 95.4 Å². The number of halogens is 2. The predicted molar refractivity (Wildman–Crippen MR) is 60.9 cm³/mol. The lowest BCUT2D eigenvalue weighted by Crippen LogP contribution is -2.07. The van der Waals surface area contributed by atoms with Gasteiger partial charge in [0.2, 0.25) is 0 Å². The first kappa shape index (κ1) is 12.9. The van der Waals surface area contributed by atoms with Gasteiger partial charge in [-0.3, -0.25) is 0 Å². The van der Waals surface area contributed by atoms with Crippen LogP contribution in [0.3, 0.4) is 0 Å². The van der Waals surface area contributed by atoms with Gasteiger partial charge in [0, 0.05) is 0 Å². The quantitative estimate of drug-likeness (QED) is 0.748. The Morgan fingerprint density at radius 1 is 1.25 bits per heavy atom. The zero-order valence-electron chi connectivity index (χ0n) is 9.97. The van der Waals surface area contributed by atoms with Gasteiger partial charge < -0.3 is 4.74 Å². The molecule has 0 heterocycles. The summed E-state index contributed by atoms with van der Waals surface area (Å²) in [6.07, 6.45) is 1.90. The maximum Gasteiger partial charge on any atom is 0.387 e. The van der Waals surface area contributed by atoms with Crippen LogP contribution in [-0.4, -0.2) is 6.61 Å². The Morgan fingerprint density at radius 2 is 1.94 bits per heavy atom. The van der Waals surface area contributed by atoms with Crippen molar-refractivity contribution in [2.75, 3.05) is 0 Å². The fraction of sp³-hybridized carbons (Fsp3) is 0.538. The van der Waals surface area contributed by atoms with Gasteiger partial charge in [-0.25, -0.2) is 0 Å². The summed E-state index contributed by atoms with van der Waals surface area (Å²) < 4.78 is 28.4. The van der Waals surface area contributed by atoms with Gasteiger partial charge in [-0.15, -0.1) is 0 Å². The van der Waals surface area contributed by atoms with E-state index in [0.29, 0.717) is 0 Å². The fourth-order valence-corrected chi connectivity index (χ4v) is 1.40. The van der Waals surface area contributed by atoms with E-state index in [-0.39, 0.29) is 11.2 Å².